The molecule has 1 atom stereocenters. The number of aromatic nitrogens is 2. The van der Waals surface area contributed by atoms with Crippen LogP contribution >= 0.6 is 0 Å². The van der Waals surface area contributed by atoms with Gasteiger partial charge in [-0.25, -0.2) is 0 Å². The minimum Gasteiger partial charge on any atom is -0.314 e. The highest BCUT2D eigenvalue weighted by Crippen LogP contribution is 2.26. The van der Waals surface area contributed by atoms with E-state index in [9.17, 15) is 0 Å². The van der Waals surface area contributed by atoms with Gasteiger partial charge in [-0.1, -0.05) is 39.0 Å². The Kier molecular flexibility index (Phi) is 5.90. The first-order chi connectivity index (χ1) is 9.29. The fourth-order valence-electron chi connectivity index (χ4n) is 3.36. The molecular weight excluding hydrogens is 234 g/mol. The number of nitrogens with one attached hydrogen (secondary N) is 1. The van der Waals surface area contributed by atoms with E-state index >= 15 is 0 Å². The number of hydrogen-bond donors (Lipinski definition) is 1. The molecule has 108 valence electrons. The van der Waals surface area contributed by atoms with Crippen LogP contribution in [0.3, 0.4) is 0 Å². The van der Waals surface area contributed by atoms with Crippen molar-refractivity contribution in [1.29, 1.82) is 0 Å². The fourth-order valence-corrected chi connectivity index (χ4v) is 3.36. The van der Waals surface area contributed by atoms with E-state index in [-0.39, 0.29) is 0 Å². The highest BCUT2D eigenvalue weighted by atomic mass is 15.2. The Hall–Kier alpha value is -0.830. The molecule has 0 aromatic carbocycles. The number of nitrogens with zero attached hydrogens (tertiary/aromatic N) is 2. The van der Waals surface area contributed by atoms with Crippen LogP contribution in [0.5, 0.6) is 0 Å². The van der Waals surface area contributed by atoms with Crippen LogP contribution in [0.15, 0.2) is 12.3 Å². The van der Waals surface area contributed by atoms with Crippen LogP contribution in [0.4, 0.5) is 0 Å². The molecule has 1 aromatic rings. The summed E-state index contributed by atoms with van der Waals surface area (Å²) in [5, 5.41) is 8.26. The molecule has 0 aliphatic heterocycles. The zero-order chi connectivity index (χ0) is 13.5. The van der Waals surface area contributed by atoms with Gasteiger partial charge in [0, 0.05) is 25.7 Å². The van der Waals surface area contributed by atoms with Crippen molar-refractivity contribution in [3.05, 3.63) is 18.0 Å². The largest absolute Gasteiger partial charge is 0.314 e. The second-order valence-electron chi connectivity index (χ2n) is 5.95. The van der Waals surface area contributed by atoms with E-state index in [1.807, 2.05) is 11.7 Å². The minimum absolute atomic E-state index is 0.609. The molecule has 1 fully saturated rings. The average Bonchev–Trinajstić information content (AvgIpc) is 2.74. The quantitative estimate of drug-likeness (QED) is 0.883. The van der Waals surface area contributed by atoms with Gasteiger partial charge in [0.2, 0.25) is 0 Å². The molecule has 1 N–H and O–H groups in total. The van der Waals surface area contributed by atoms with Crippen LogP contribution in [0.25, 0.3) is 0 Å². The molecule has 3 heteroatoms. The van der Waals surface area contributed by atoms with Gasteiger partial charge in [-0.2, -0.15) is 5.10 Å². The molecule has 1 aliphatic rings. The number of rotatable bonds is 5. The molecule has 0 amide bonds. The van der Waals surface area contributed by atoms with Crippen molar-refractivity contribution in [2.45, 2.75) is 64.3 Å². The lowest BCUT2D eigenvalue weighted by Gasteiger charge is -2.29. The summed E-state index contributed by atoms with van der Waals surface area (Å²) in [4.78, 5) is 0. The van der Waals surface area contributed by atoms with Gasteiger partial charge in [-0.3, -0.25) is 4.68 Å². The third-order valence-electron chi connectivity index (χ3n) is 4.38. The summed E-state index contributed by atoms with van der Waals surface area (Å²) in [6, 6.07) is 2.77. The Morgan fingerprint density at radius 2 is 1.95 bits per heavy atom. The normalized spacial score (nSPS) is 19.9. The van der Waals surface area contributed by atoms with Gasteiger partial charge >= 0.3 is 0 Å². The minimum atomic E-state index is 0.609. The van der Waals surface area contributed by atoms with Crippen molar-refractivity contribution in [3.63, 3.8) is 0 Å². The summed E-state index contributed by atoms with van der Waals surface area (Å²) in [6.45, 7) is 3.28. The first kappa shape index (κ1) is 14.6. The molecule has 0 saturated heterocycles. The van der Waals surface area contributed by atoms with Gasteiger partial charge in [0.1, 0.15) is 0 Å². The molecule has 1 saturated carbocycles. The van der Waals surface area contributed by atoms with Gasteiger partial charge < -0.3 is 5.32 Å². The zero-order valence-electron chi connectivity index (χ0n) is 12.6. The maximum Gasteiger partial charge on any atom is 0.0640 e. The molecule has 0 bridgehead atoms. The maximum atomic E-state index is 4.55. The topological polar surface area (TPSA) is 29.9 Å². The van der Waals surface area contributed by atoms with Gasteiger partial charge in [-0.05, 0) is 31.4 Å². The van der Waals surface area contributed by atoms with E-state index in [1.165, 1.54) is 50.6 Å². The first-order valence-electron chi connectivity index (χ1n) is 8.01. The zero-order valence-corrected chi connectivity index (χ0v) is 12.6. The molecule has 0 spiro atoms. The van der Waals surface area contributed by atoms with Crippen LogP contribution in [0, 0.1) is 5.92 Å². The molecular formula is C16H29N3. The molecule has 2 rings (SSSR count). The summed E-state index contributed by atoms with van der Waals surface area (Å²) in [6.07, 6.45) is 13.0. The van der Waals surface area contributed by atoms with Crippen LogP contribution in [-0.4, -0.2) is 22.4 Å². The molecule has 1 aliphatic carbocycles. The van der Waals surface area contributed by atoms with Crippen LogP contribution in [0.2, 0.25) is 0 Å². The van der Waals surface area contributed by atoms with E-state index in [4.69, 9.17) is 0 Å². The van der Waals surface area contributed by atoms with E-state index in [0.717, 1.165) is 18.9 Å². The number of aryl methyl sites for hydroxylation is 1. The average molecular weight is 263 g/mol. The Balaban J connectivity index is 1.96. The van der Waals surface area contributed by atoms with Gasteiger partial charge in [-0.15, -0.1) is 0 Å². The van der Waals surface area contributed by atoms with Crippen molar-refractivity contribution in [1.82, 2.24) is 15.1 Å². The summed E-state index contributed by atoms with van der Waals surface area (Å²) < 4.78 is 1.91. The van der Waals surface area contributed by atoms with E-state index in [0.29, 0.717) is 6.04 Å². The van der Waals surface area contributed by atoms with Gasteiger partial charge in [0.25, 0.3) is 0 Å². The van der Waals surface area contributed by atoms with Crippen molar-refractivity contribution in [3.8, 4) is 0 Å². The molecule has 0 radical (unpaired) electrons. The maximum absolute atomic E-state index is 4.55. The third-order valence-corrected chi connectivity index (χ3v) is 4.38. The van der Waals surface area contributed by atoms with Crippen LogP contribution < -0.4 is 5.32 Å². The predicted octanol–water partition coefficient (Wildman–Crippen LogP) is 3.30. The first-order valence-corrected chi connectivity index (χ1v) is 8.01. The highest BCUT2D eigenvalue weighted by Gasteiger charge is 2.22. The Bertz CT molecular complexity index is 351. The van der Waals surface area contributed by atoms with Crippen LogP contribution in [-0.2, 0) is 13.5 Å². The lowest BCUT2D eigenvalue weighted by Crippen LogP contribution is -2.38. The number of likely N-dealkylation sites (N-methyl/N-ethyl adjacent to an activating group) is 1. The molecule has 1 heterocycles. The smallest absolute Gasteiger partial charge is 0.0640 e. The van der Waals surface area contributed by atoms with Crippen molar-refractivity contribution in [2.24, 2.45) is 13.0 Å². The molecule has 3 nitrogen and oxygen atoms in total. The monoisotopic (exact) mass is 263 g/mol. The number of hydrogen-bond acceptors (Lipinski definition) is 2. The van der Waals surface area contributed by atoms with Crippen molar-refractivity contribution >= 4 is 0 Å². The summed E-state index contributed by atoms with van der Waals surface area (Å²) >= 11 is 0. The SMILES string of the molecule is CCNC(Cc1ccn(C)n1)C1CCCCCCC1. The standard InChI is InChI=1S/C16H29N3/c1-3-17-16(13-15-11-12-19(2)18-15)14-9-7-5-4-6-8-10-14/h11-12,14,16-17H,3-10,13H2,1-2H3. The Morgan fingerprint density at radius 1 is 1.26 bits per heavy atom. The molecule has 1 aromatic heterocycles. The Morgan fingerprint density at radius 3 is 2.53 bits per heavy atom. The van der Waals surface area contributed by atoms with E-state index < -0.39 is 0 Å². The van der Waals surface area contributed by atoms with Crippen LogP contribution in [0.1, 0.15) is 57.6 Å². The van der Waals surface area contributed by atoms with E-state index in [1.54, 1.807) is 0 Å². The summed E-state index contributed by atoms with van der Waals surface area (Å²) in [5.74, 6) is 0.835. The van der Waals surface area contributed by atoms with E-state index in [2.05, 4.69) is 29.6 Å². The highest BCUT2D eigenvalue weighted by molar-refractivity contribution is 5.02. The van der Waals surface area contributed by atoms with Gasteiger partial charge in [0.15, 0.2) is 0 Å². The fraction of sp³-hybridized carbons (Fsp3) is 0.812. The van der Waals surface area contributed by atoms with Crippen molar-refractivity contribution < 1.29 is 0 Å². The second kappa shape index (κ2) is 7.68. The third kappa shape index (κ3) is 4.64. The lowest BCUT2D eigenvalue weighted by atomic mass is 9.84. The Labute approximate surface area is 117 Å². The lowest BCUT2D eigenvalue weighted by molar-refractivity contribution is 0.284. The van der Waals surface area contributed by atoms with Crippen molar-refractivity contribution in [2.75, 3.05) is 6.54 Å². The molecule has 1 unspecified atom stereocenters. The molecule has 19 heavy (non-hydrogen) atoms. The second-order valence-corrected chi connectivity index (χ2v) is 5.95. The summed E-state index contributed by atoms with van der Waals surface area (Å²) in [7, 11) is 2.00. The van der Waals surface area contributed by atoms with Gasteiger partial charge in [0.05, 0.1) is 5.69 Å². The summed E-state index contributed by atoms with van der Waals surface area (Å²) in [5.41, 5.74) is 1.23. The predicted molar refractivity (Wildman–Crippen MR) is 80.2 cm³/mol.